The molecule has 1 aliphatic carbocycles. The molecule has 2 aliphatic heterocycles. The molecule has 2 aromatic carbocycles. The monoisotopic (exact) mass is 435 g/mol. The molecule has 32 heavy (non-hydrogen) atoms. The molecule has 168 valence electrons. The van der Waals surface area contributed by atoms with Gasteiger partial charge in [-0.1, -0.05) is 19.3 Å². The van der Waals surface area contributed by atoms with E-state index in [2.05, 4.69) is 15.5 Å². The summed E-state index contributed by atoms with van der Waals surface area (Å²) >= 11 is 0. The predicted octanol–water partition coefficient (Wildman–Crippen LogP) is 4.33. The molecule has 7 heteroatoms. The molecule has 0 unspecified atom stereocenters. The summed E-state index contributed by atoms with van der Waals surface area (Å²) in [5.74, 6) is 0.890. The highest BCUT2D eigenvalue weighted by molar-refractivity contribution is 6.06. The lowest BCUT2D eigenvalue weighted by molar-refractivity contribution is 0.0927. The summed E-state index contributed by atoms with van der Waals surface area (Å²) in [6.45, 7) is 2.07. The molecule has 1 saturated heterocycles. The Morgan fingerprint density at radius 1 is 0.844 bits per heavy atom. The Hall–Kier alpha value is -3.22. The van der Waals surface area contributed by atoms with Gasteiger partial charge < -0.3 is 25.0 Å². The van der Waals surface area contributed by atoms with Gasteiger partial charge in [-0.15, -0.1) is 0 Å². The number of ether oxygens (including phenoxy) is 2. The van der Waals surface area contributed by atoms with Crippen LogP contribution in [0.3, 0.4) is 0 Å². The van der Waals surface area contributed by atoms with Crippen molar-refractivity contribution in [1.29, 1.82) is 0 Å². The maximum Gasteiger partial charge on any atom is 0.255 e. The van der Waals surface area contributed by atoms with E-state index in [4.69, 9.17) is 9.47 Å². The number of anilines is 2. The van der Waals surface area contributed by atoms with Crippen LogP contribution in [-0.2, 0) is 0 Å². The summed E-state index contributed by atoms with van der Waals surface area (Å²) in [7, 11) is 0. The van der Waals surface area contributed by atoms with Crippen LogP contribution in [0, 0.1) is 0 Å². The first-order chi connectivity index (χ1) is 15.7. The number of carbonyl (C=O) groups excluding carboxylic acids is 2. The van der Waals surface area contributed by atoms with Crippen LogP contribution < -0.4 is 25.0 Å². The summed E-state index contributed by atoms with van der Waals surface area (Å²) in [6, 6.07) is 11.0. The number of hydrogen-bond acceptors (Lipinski definition) is 5. The zero-order chi connectivity index (χ0) is 21.9. The Kier molecular flexibility index (Phi) is 5.88. The van der Waals surface area contributed by atoms with Gasteiger partial charge in [0.05, 0.1) is 5.56 Å². The molecule has 0 atom stereocenters. The fraction of sp³-hybridized carbons (Fsp3) is 0.440. The number of nitrogens with zero attached hydrogens (tertiary/aromatic N) is 1. The molecule has 0 spiro atoms. The molecule has 2 N–H and O–H groups in total. The van der Waals surface area contributed by atoms with Gasteiger partial charge in [-0.05, 0) is 62.1 Å². The molecule has 2 amide bonds. The van der Waals surface area contributed by atoms with Crippen LogP contribution in [0.4, 0.5) is 11.4 Å². The Bertz CT molecular complexity index is 1010. The molecule has 2 heterocycles. The molecule has 0 aromatic heterocycles. The summed E-state index contributed by atoms with van der Waals surface area (Å²) in [5.41, 5.74) is 2.65. The SMILES string of the molecule is O=C(Nc1ccc(N2CCCC2)c(C(=O)NC2CCCCC2)c1)c1ccc2c(c1)OCO2. The molecule has 5 rings (SSSR count). The quantitative estimate of drug-likeness (QED) is 0.731. The second-order valence-electron chi connectivity index (χ2n) is 8.76. The van der Waals surface area contributed by atoms with Crippen molar-refractivity contribution >= 4 is 23.2 Å². The summed E-state index contributed by atoms with van der Waals surface area (Å²) in [4.78, 5) is 28.3. The first-order valence-electron chi connectivity index (χ1n) is 11.6. The maximum atomic E-state index is 13.2. The van der Waals surface area contributed by atoms with Crippen LogP contribution in [0.1, 0.15) is 65.7 Å². The molecule has 2 fully saturated rings. The van der Waals surface area contributed by atoms with Crippen LogP contribution in [0.2, 0.25) is 0 Å². The average Bonchev–Trinajstić information content (AvgIpc) is 3.51. The van der Waals surface area contributed by atoms with E-state index in [0.29, 0.717) is 28.3 Å². The Morgan fingerprint density at radius 3 is 2.44 bits per heavy atom. The van der Waals surface area contributed by atoms with Crippen molar-refractivity contribution in [3.05, 3.63) is 47.5 Å². The van der Waals surface area contributed by atoms with Gasteiger partial charge in [-0.2, -0.15) is 0 Å². The van der Waals surface area contributed by atoms with Crippen LogP contribution in [0.25, 0.3) is 0 Å². The lowest BCUT2D eigenvalue weighted by atomic mass is 9.95. The number of rotatable bonds is 5. The zero-order valence-electron chi connectivity index (χ0n) is 18.2. The van der Waals surface area contributed by atoms with Crippen LogP contribution in [-0.4, -0.2) is 37.7 Å². The van der Waals surface area contributed by atoms with E-state index < -0.39 is 0 Å². The largest absolute Gasteiger partial charge is 0.454 e. The molecular formula is C25H29N3O4. The second kappa shape index (κ2) is 9.10. The summed E-state index contributed by atoms with van der Waals surface area (Å²) in [5, 5.41) is 6.16. The van der Waals surface area contributed by atoms with Crippen molar-refractivity contribution in [2.24, 2.45) is 0 Å². The second-order valence-corrected chi connectivity index (χ2v) is 8.76. The lowest BCUT2D eigenvalue weighted by Crippen LogP contribution is -2.37. The standard InChI is InChI=1S/C25H29N3O4/c29-24(17-8-11-22-23(14-17)32-16-31-22)27-19-9-10-21(28-12-4-5-13-28)20(15-19)25(30)26-18-6-2-1-3-7-18/h8-11,14-15,18H,1-7,12-13,16H2,(H,26,30)(H,27,29). The summed E-state index contributed by atoms with van der Waals surface area (Å²) < 4.78 is 10.7. The number of fused-ring (bicyclic) bond motifs is 1. The predicted molar refractivity (Wildman–Crippen MR) is 123 cm³/mol. The number of nitrogens with one attached hydrogen (secondary N) is 2. The van der Waals surface area contributed by atoms with Gasteiger partial charge in [0.25, 0.3) is 11.8 Å². The molecular weight excluding hydrogens is 406 g/mol. The van der Waals surface area contributed by atoms with E-state index in [-0.39, 0.29) is 24.6 Å². The number of carbonyl (C=O) groups is 2. The van der Waals surface area contributed by atoms with Crippen molar-refractivity contribution in [1.82, 2.24) is 5.32 Å². The number of amides is 2. The first-order valence-corrected chi connectivity index (χ1v) is 11.6. The fourth-order valence-electron chi connectivity index (χ4n) is 4.78. The van der Waals surface area contributed by atoms with Gasteiger partial charge >= 0.3 is 0 Å². The first kappa shape index (κ1) is 20.7. The van der Waals surface area contributed by atoms with Crippen molar-refractivity contribution in [2.75, 3.05) is 30.1 Å². The van der Waals surface area contributed by atoms with Gasteiger partial charge in [0, 0.05) is 36.1 Å². The van der Waals surface area contributed by atoms with E-state index in [0.717, 1.165) is 57.3 Å². The number of benzene rings is 2. The van der Waals surface area contributed by atoms with E-state index in [9.17, 15) is 9.59 Å². The van der Waals surface area contributed by atoms with E-state index >= 15 is 0 Å². The third-order valence-electron chi connectivity index (χ3n) is 6.52. The van der Waals surface area contributed by atoms with Crippen LogP contribution >= 0.6 is 0 Å². The molecule has 3 aliphatic rings. The van der Waals surface area contributed by atoms with Gasteiger partial charge in [0.15, 0.2) is 11.5 Å². The van der Waals surface area contributed by atoms with Crippen LogP contribution in [0.5, 0.6) is 11.5 Å². The van der Waals surface area contributed by atoms with Crippen molar-refractivity contribution < 1.29 is 19.1 Å². The molecule has 7 nitrogen and oxygen atoms in total. The highest BCUT2D eigenvalue weighted by Gasteiger charge is 2.23. The van der Waals surface area contributed by atoms with Crippen LogP contribution in [0.15, 0.2) is 36.4 Å². The number of hydrogen-bond donors (Lipinski definition) is 2. The smallest absolute Gasteiger partial charge is 0.255 e. The fourth-order valence-corrected chi connectivity index (χ4v) is 4.78. The minimum atomic E-state index is -0.254. The topological polar surface area (TPSA) is 79.9 Å². The third-order valence-corrected chi connectivity index (χ3v) is 6.52. The zero-order valence-corrected chi connectivity index (χ0v) is 18.2. The van der Waals surface area contributed by atoms with Gasteiger partial charge in [0.2, 0.25) is 6.79 Å². The van der Waals surface area contributed by atoms with Gasteiger partial charge in [0.1, 0.15) is 0 Å². The Balaban J connectivity index is 1.37. The minimum absolute atomic E-state index is 0.0574. The minimum Gasteiger partial charge on any atom is -0.454 e. The molecule has 2 aromatic rings. The van der Waals surface area contributed by atoms with Crippen molar-refractivity contribution in [3.63, 3.8) is 0 Å². The Labute approximate surface area is 188 Å². The van der Waals surface area contributed by atoms with E-state index in [1.54, 1.807) is 24.3 Å². The Morgan fingerprint density at radius 2 is 1.62 bits per heavy atom. The highest BCUT2D eigenvalue weighted by Crippen LogP contribution is 2.33. The van der Waals surface area contributed by atoms with Gasteiger partial charge in [-0.25, -0.2) is 0 Å². The highest BCUT2D eigenvalue weighted by atomic mass is 16.7. The molecule has 0 bridgehead atoms. The third kappa shape index (κ3) is 4.38. The maximum absolute atomic E-state index is 13.2. The van der Waals surface area contributed by atoms with Gasteiger partial charge in [-0.3, -0.25) is 9.59 Å². The summed E-state index contributed by atoms with van der Waals surface area (Å²) in [6.07, 6.45) is 7.90. The normalized spacial score (nSPS) is 17.9. The lowest BCUT2D eigenvalue weighted by Gasteiger charge is -2.25. The van der Waals surface area contributed by atoms with E-state index in [1.165, 1.54) is 6.42 Å². The molecule has 0 radical (unpaired) electrons. The van der Waals surface area contributed by atoms with Crippen molar-refractivity contribution in [3.8, 4) is 11.5 Å². The van der Waals surface area contributed by atoms with Crippen molar-refractivity contribution in [2.45, 2.75) is 51.0 Å². The van der Waals surface area contributed by atoms with E-state index in [1.807, 2.05) is 12.1 Å². The average molecular weight is 436 g/mol. The molecule has 1 saturated carbocycles.